The zero-order valence-corrected chi connectivity index (χ0v) is 17.5. The van der Waals surface area contributed by atoms with Crippen molar-refractivity contribution in [3.8, 4) is 5.75 Å². The van der Waals surface area contributed by atoms with E-state index in [-0.39, 0.29) is 30.0 Å². The van der Waals surface area contributed by atoms with Gasteiger partial charge >= 0.3 is 0 Å². The molecule has 160 valence electrons. The Bertz CT molecular complexity index is 881. The van der Waals surface area contributed by atoms with Crippen LogP contribution in [0.25, 0.3) is 0 Å². The lowest BCUT2D eigenvalue weighted by molar-refractivity contribution is 0.0879. The average molecular weight is 413 g/mol. The number of amides is 1. The van der Waals surface area contributed by atoms with Crippen LogP contribution in [-0.2, 0) is 0 Å². The molecule has 3 N–H and O–H groups in total. The minimum Gasteiger partial charge on any atom is -0.497 e. The highest BCUT2D eigenvalue weighted by molar-refractivity contribution is 5.94. The van der Waals surface area contributed by atoms with Gasteiger partial charge in [-0.2, -0.15) is 0 Å². The predicted molar refractivity (Wildman–Crippen MR) is 114 cm³/mol. The SMILES string of the molecule is COc1ccc(C2CC(N3CCC(NC(=O)c4ccc(C)c(F)c4)CC3)NN2)cc1. The van der Waals surface area contributed by atoms with Gasteiger partial charge in [0.1, 0.15) is 11.6 Å². The summed E-state index contributed by atoms with van der Waals surface area (Å²) in [5.74, 6) is 0.315. The first-order valence-corrected chi connectivity index (χ1v) is 10.5. The Morgan fingerprint density at radius 1 is 1.13 bits per heavy atom. The summed E-state index contributed by atoms with van der Waals surface area (Å²) in [5, 5.41) is 3.06. The van der Waals surface area contributed by atoms with E-state index in [1.54, 1.807) is 26.2 Å². The lowest BCUT2D eigenvalue weighted by atomic mass is 10.0. The Balaban J connectivity index is 1.26. The Morgan fingerprint density at radius 2 is 1.87 bits per heavy atom. The van der Waals surface area contributed by atoms with Crippen LogP contribution in [0.4, 0.5) is 4.39 Å². The fourth-order valence-electron chi connectivity index (χ4n) is 4.19. The van der Waals surface area contributed by atoms with Gasteiger partial charge < -0.3 is 10.1 Å². The summed E-state index contributed by atoms with van der Waals surface area (Å²) in [4.78, 5) is 14.9. The van der Waals surface area contributed by atoms with Gasteiger partial charge in [-0.15, -0.1) is 0 Å². The summed E-state index contributed by atoms with van der Waals surface area (Å²) >= 11 is 0. The van der Waals surface area contributed by atoms with Gasteiger partial charge in [-0.05, 0) is 61.6 Å². The fraction of sp³-hybridized carbons (Fsp3) is 0.435. The quantitative estimate of drug-likeness (QED) is 0.705. The van der Waals surface area contributed by atoms with Crippen LogP contribution < -0.4 is 20.9 Å². The molecule has 2 aliphatic rings. The lowest BCUT2D eigenvalue weighted by Gasteiger charge is -2.35. The molecule has 0 radical (unpaired) electrons. The third-order valence-corrected chi connectivity index (χ3v) is 6.14. The summed E-state index contributed by atoms with van der Waals surface area (Å²) < 4.78 is 19.0. The summed E-state index contributed by atoms with van der Waals surface area (Å²) in [6.07, 6.45) is 3.00. The van der Waals surface area contributed by atoms with Crippen molar-refractivity contribution < 1.29 is 13.9 Å². The van der Waals surface area contributed by atoms with Crippen LogP contribution in [-0.4, -0.2) is 43.2 Å². The number of benzene rings is 2. The van der Waals surface area contributed by atoms with Crippen molar-refractivity contribution in [3.05, 3.63) is 65.0 Å². The number of nitrogens with zero attached hydrogens (tertiary/aromatic N) is 1. The molecule has 0 spiro atoms. The molecule has 0 aliphatic carbocycles. The van der Waals surface area contributed by atoms with E-state index in [0.29, 0.717) is 11.1 Å². The maximum absolute atomic E-state index is 13.7. The first kappa shape index (κ1) is 20.8. The van der Waals surface area contributed by atoms with Crippen LogP contribution in [0, 0.1) is 12.7 Å². The number of carbonyl (C=O) groups is 1. The van der Waals surface area contributed by atoms with Gasteiger partial charge in [-0.3, -0.25) is 9.69 Å². The number of nitrogens with one attached hydrogen (secondary N) is 3. The number of halogens is 1. The molecule has 7 heteroatoms. The van der Waals surface area contributed by atoms with Crippen molar-refractivity contribution in [1.82, 2.24) is 21.1 Å². The normalized spacial score (nSPS) is 22.8. The average Bonchev–Trinajstić information content (AvgIpc) is 3.26. The van der Waals surface area contributed by atoms with Gasteiger partial charge in [0.2, 0.25) is 0 Å². The fourth-order valence-corrected chi connectivity index (χ4v) is 4.19. The van der Waals surface area contributed by atoms with Gasteiger partial charge in [0.25, 0.3) is 5.91 Å². The molecule has 0 saturated carbocycles. The monoisotopic (exact) mass is 412 g/mol. The molecule has 6 nitrogen and oxygen atoms in total. The highest BCUT2D eigenvalue weighted by Crippen LogP contribution is 2.27. The van der Waals surface area contributed by atoms with E-state index in [1.807, 2.05) is 12.1 Å². The van der Waals surface area contributed by atoms with Crippen LogP contribution in [0.3, 0.4) is 0 Å². The van der Waals surface area contributed by atoms with E-state index in [2.05, 4.69) is 33.2 Å². The molecule has 0 aromatic heterocycles. The standard InChI is InChI=1S/C23H29FN4O2/c1-15-3-4-17(13-20(15)24)23(29)25-18-9-11-28(12-10-18)22-14-21(26-27-22)16-5-7-19(30-2)8-6-16/h3-8,13,18,21-22,26-27H,9-12,14H2,1-2H3,(H,25,29). The summed E-state index contributed by atoms with van der Waals surface area (Å²) in [6, 6.07) is 13.2. The first-order valence-electron chi connectivity index (χ1n) is 10.5. The number of hydrogen-bond acceptors (Lipinski definition) is 5. The molecular weight excluding hydrogens is 383 g/mol. The molecule has 2 aliphatic heterocycles. The van der Waals surface area contributed by atoms with Crippen LogP contribution >= 0.6 is 0 Å². The Hall–Kier alpha value is -2.48. The number of hydrazine groups is 1. The number of piperidine rings is 1. The van der Waals surface area contributed by atoms with Crippen LogP contribution in [0.15, 0.2) is 42.5 Å². The third-order valence-electron chi connectivity index (χ3n) is 6.14. The highest BCUT2D eigenvalue weighted by atomic mass is 19.1. The van der Waals surface area contributed by atoms with E-state index in [0.717, 1.165) is 38.1 Å². The van der Waals surface area contributed by atoms with Gasteiger partial charge in [0, 0.05) is 30.7 Å². The topological polar surface area (TPSA) is 65.6 Å². The molecule has 1 amide bonds. The molecule has 2 unspecified atom stereocenters. The second-order valence-corrected chi connectivity index (χ2v) is 8.11. The van der Waals surface area contributed by atoms with Crippen molar-refractivity contribution in [2.45, 2.75) is 44.4 Å². The van der Waals surface area contributed by atoms with Crippen LogP contribution in [0.5, 0.6) is 5.75 Å². The smallest absolute Gasteiger partial charge is 0.251 e. The molecule has 4 rings (SSSR count). The first-order chi connectivity index (χ1) is 14.5. The van der Waals surface area contributed by atoms with Crippen molar-refractivity contribution in [2.24, 2.45) is 0 Å². The maximum atomic E-state index is 13.7. The molecule has 2 heterocycles. The molecule has 2 atom stereocenters. The van der Waals surface area contributed by atoms with Gasteiger partial charge in [0.15, 0.2) is 0 Å². The number of hydrogen-bond donors (Lipinski definition) is 3. The zero-order valence-electron chi connectivity index (χ0n) is 17.5. The van der Waals surface area contributed by atoms with E-state index >= 15 is 0 Å². The molecule has 2 aromatic carbocycles. The zero-order chi connectivity index (χ0) is 21.1. The number of methoxy groups -OCH3 is 1. The summed E-state index contributed by atoms with van der Waals surface area (Å²) in [7, 11) is 1.67. The highest BCUT2D eigenvalue weighted by Gasteiger charge is 2.32. The maximum Gasteiger partial charge on any atom is 0.251 e. The Morgan fingerprint density at radius 3 is 2.53 bits per heavy atom. The van der Waals surface area contributed by atoms with E-state index in [1.165, 1.54) is 11.6 Å². The van der Waals surface area contributed by atoms with E-state index in [9.17, 15) is 9.18 Å². The van der Waals surface area contributed by atoms with Crippen LogP contribution in [0.1, 0.15) is 46.8 Å². The molecule has 2 fully saturated rings. The van der Waals surface area contributed by atoms with E-state index in [4.69, 9.17) is 4.74 Å². The van der Waals surface area contributed by atoms with Crippen molar-refractivity contribution >= 4 is 5.91 Å². The number of ether oxygens (including phenoxy) is 1. The number of aryl methyl sites for hydroxylation is 1. The number of carbonyl (C=O) groups excluding carboxylic acids is 1. The van der Waals surface area contributed by atoms with Gasteiger partial charge in [0.05, 0.1) is 13.3 Å². The minimum atomic E-state index is -0.344. The van der Waals surface area contributed by atoms with Gasteiger partial charge in [-0.1, -0.05) is 18.2 Å². The Labute approximate surface area is 176 Å². The second kappa shape index (κ2) is 9.12. The molecule has 2 saturated heterocycles. The number of likely N-dealkylation sites (tertiary alicyclic amines) is 1. The minimum absolute atomic E-state index is 0.116. The molecule has 30 heavy (non-hydrogen) atoms. The van der Waals surface area contributed by atoms with Crippen molar-refractivity contribution in [3.63, 3.8) is 0 Å². The van der Waals surface area contributed by atoms with Crippen LogP contribution in [0.2, 0.25) is 0 Å². The van der Waals surface area contributed by atoms with Gasteiger partial charge in [-0.25, -0.2) is 15.2 Å². The summed E-state index contributed by atoms with van der Waals surface area (Å²) in [6.45, 7) is 3.50. The predicted octanol–water partition coefficient (Wildman–Crippen LogP) is 2.90. The summed E-state index contributed by atoms with van der Waals surface area (Å²) in [5.41, 5.74) is 8.97. The largest absolute Gasteiger partial charge is 0.497 e. The number of rotatable bonds is 5. The molecule has 2 aromatic rings. The Kier molecular flexibility index (Phi) is 6.32. The molecule has 0 bridgehead atoms. The third kappa shape index (κ3) is 4.64. The lowest BCUT2D eigenvalue weighted by Crippen LogP contribution is -2.51. The van der Waals surface area contributed by atoms with Crippen molar-refractivity contribution in [1.29, 1.82) is 0 Å². The second-order valence-electron chi connectivity index (χ2n) is 8.11. The van der Waals surface area contributed by atoms with E-state index < -0.39 is 0 Å². The van der Waals surface area contributed by atoms with Crippen molar-refractivity contribution in [2.75, 3.05) is 20.2 Å². The molecular formula is C23H29FN4O2.